The van der Waals surface area contributed by atoms with E-state index in [0.717, 1.165) is 42.7 Å². The van der Waals surface area contributed by atoms with Gasteiger partial charge in [-0.25, -0.2) is 4.98 Å². The molecule has 1 aliphatic rings. The lowest BCUT2D eigenvalue weighted by Crippen LogP contribution is -2.45. The molecule has 1 aromatic carbocycles. The zero-order valence-electron chi connectivity index (χ0n) is 14.8. The van der Waals surface area contributed by atoms with Crippen molar-refractivity contribution in [1.82, 2.24) is 15.3 Å². The van der Waals surface area contributed by atoms with Gasteiger partial charge in [0.15, 0.2) is 0 Å². The smallest absolute Gasteiger partial charge is 0.270 e. The van der Waals surface area contributed by atoms with Crippen LogP contribution in [0.2, 0.25) is 0 Å². The molecule has 1 saturated heterocycles. The number of carbonyl (C=O) groups is 1. The maximum absolute atomic E-state index is 12.3. The molecule has 2 aromatic heterocycles. The summed E-state index contributed by atoms with van der Waals surface area (Å²) in [6, 6.07) is 17.3. The molecular weight excluding hydrogens is 338 g/mol. The molecule has 134 valence electrons. The first-order valence-electron chi connectivity index (χ1n) is 9.01. The highest BCUT2D eigenvalue weighted by atomic mass is 16.1. The zero-order chi connectivity index (χ0) is 18.6. The van der Waals surface area contributed by atoms with Gasteiger partial charge in [0, 0.05) is 30.7 Å². The van der Waals surface area contributed by atoms with E-state index in [1.807, 2.05) is 36.4 Å². The van der Waals surface area contributed by atoms with E-state index in [1.54, 1.807) is 18.3 Å². The third-order valence-electron chi connectivity index (χ3n) is 4.87. The molecule has 0 aliphatic carbocycles. The van der Waals surface area contributed by atoms with Crippen LogP contribution in [0.5, 0.6) is 0 Å². The number of fused-ring (bicyclic) bond motifs is 1. The quantitative estimate of drug-likeness (QED) is 0.779. The van der Waals surface area contributed by atoms with E-state index < -0.39 is 0 Å². The van der Waals surface area contributed by atoms with Crippen molar-refractivity contribution in [3.63, 3.8) is 0 Å². The number of benzene rings is 1. The Labute approximate surface area is 157 Å². The van der Waals surface area contributed by atoms with Gasteiger partial charge < -0.3 is 10.2 Å². The van der Waals surface area contributed by atoms with Crippen LogP contribution in [-0.2, 0) is 0 Å². The van der Waals surface area contributed by atoms with E-state index in [1.165, 1.54) is 0 Å². The van der Waals surface area contributed by atoms with Gasteiger partial charge in [0.2, 0.25) is 0 Å². The summed E-state index contributed by atoms with van der Waals surface area (Å²) < 4.78 is 0. The number of aromatic nitrogens is 2. The van der Waals surface area contributed by atoms with Gasteiger partial charge in [0.25, 0.3) is 5.91 Å². The first kappa shape index (κ1) is 17.0. The number of amides is 1. The Kier molecular flexibility index (Phi) is 4.67. The van der Waals surface area contributed by atoms with Crippen molar-refractivity contribution in [1.29, 1.82) is 5.26 Å². The number of hydrogen-bond donors (Lipinski definition) is 1. The van der Waals surface area contributed by atoms with Crippen molar-refractivity contribution >= 4 is 22.6 Å². The normalized spacial score (nSPS) is 14.7. The highest BCUT2D eigenvalue weighted by Crippen LogP contribution is 2.24. The summed E-state index contributed by atoms with van der Waals surface area (Å²) in [7, 11) is 0. The Bertz CT molecular complexity index is 1000. The second-order valence-corrected chi connectivity index (χ2v) is 6.61. The Hall–Kier alpha value is -3.46. The minimum atomic E-state index is -0.135. The van der Waals surface area contributed by atoms with Crippen LogP contribution in [-0.4, -0.2) is 35.0 Å². The lowest BCUT2D eigenvalue weighted by atomic mass is 10.0. The number of pyridine rings is 2. The predicted molar refractivity (Wildman–Crippen MR) is 103 cm³/mol. The summed E-state index contributed by atoms with van der Waals surface area (Å²) in [4.78, 5) is 23.2. The van der Waals surface area contributed by atoms with Crippen LogP contribution < -0.4 is 10.2 Å². The monoisotopic (exact) mass is 357 g/mol. The SMILES string of the molecule is N#Cc1cc(N2CCC(NC(=O)c3ccccn3)CC2)nc2ccccc12. The highest BCUT2D eigenvalue weighted by Gasteiger charge is 2.23. The third-order valence-corrected chi connectivity index (χ3v) is 4.87. The second-order valence-electron chi connectivity index (χ2n) is 6.61. The van der Waals surface area contributed by atoms with Crippen LogP contribution in [0, 0.1) is 11.3 Å². The second kappa shape index (κ2) is 7.42. The van der Waals surface area contributed by atoms with E-state index in [2.05, 4.69) is 21.3 Å². The van der Waals surface area contributed by atoms with Gasteiger partial charge in [-0.05, 0) is 37.1 Å². The van der Waals surface area contributed by atoms with Gasteiger partial charge in [-0.15, -0.1) is 0 Å². The van der Waals surface area contributed by atoms with Gasteiger partial charge in [-0.1, -0.05) is 24.3 Å². The van der Waals surface area contributed by atoms with Crippen LogP contribution in [0.1, 0.15) is 28.9 Å². The topological polar surface area (TPSA) is 81.9 Å². The van der Waals surface area contributed by atoms with Gasteiger partial charge >= 0.3 is 0 Å². The summed E-state index contributed by atoms with van der Waals surface area (Å²) in [6.07, 6.45) is 3.28. The Morgan fingerprint density at radius 3 is 2.67 bits per heavy atom. The molecule has 6 heteroatoms. The third kappa shape index (κ3) is 3.58. The fraction of sp³-hybridized carbons (Fsp3) is 0.238. The molecule has 0 radical (unpaired) electrons. The molecule has 27 heavy (non-hydrogen) atoms. The number of nitrogens with one attached hydrogen (secondary N) is 1. The standard InChI is InChI=1S/C21H19N5O/c22-14-15-13-20(25-18-6-2-1-5-17(15)18)26-11-8-16(9-12-26)24-21(27)19-7-3-4-10-23-19/h1-7,10,13,16H,8-9,11-12H2,(H,24,27). The van der Waals surface area contributed by atoms with Gasteiger partial charge in [0.1, 0.15) is 11.5 Å². The molecule has 0 bridgehead atoms. The molecule has 0 saturated carbocycles. The number of nitriles is 1. The molecule has 0 unspecified atom stereocenters. The number of para-hydroxylation sites is 1. The fourth-order valence-electron chi connectivity index (χ4n) is 3.43. The minimum Gasteiger partial charge on any atom is -0.356 e. The van der Waals surface area contributed by atoms with E-state index in [-0.39, 0.29) is 11.9 Å². The first-order chi connectivity index (χ1) is 13.2. The molecule has 1 N–H and O–H groups in total. The summed E-state index contributed by atoms with van der Waals surface area (Å²) >= 11 is 0. The molecular formula is C21H19N5O. The number of nitrogens with zero attached hydrogens (tertiary/aromatic N) is 4. The molecule has 1 aliphatic heterocycles. The van der Waals surface area contributed by atoms with Crippen LogP contribution in [0.25, 0.3) is 10.9 Å². The molecule has 3 aromatic rings. The van der Waals surface area contributed by atoms with Crippen molar-refractivity contribution in [2.45, 2.75) is 18.9 Å². The van der Waals surface area contributed by atoms with Crippen molar-refractivity contribution in [3.05, 3.63) is 66.0 Å². The predicted octanol–water partition coefficient (Wildman–Crippen LogP) is 2.90. The molecule has 0 atom stereocenters. The number of rotatable bonds is 3. The van der Waals surface area contributed by atoms with Crippen LogP contribution in [0.15, 0.2) is 54.7 Å². The Morgan fingerprint density at radius 2 is 1.93 bits per heavy atom. The highest BCUT2D eigenvalue weighted by molar-refractivity contribution is 5.92. The number of piperidine rings is 1. The summed E-state index contributed by atoms with van der Waals surface area (Å²) in [6.45, 7) is 1.56. The summed E-state index contributed by atoms with van der Waals surface area (Å²) in [5.74, 6) is 0.685. The maximum Gasteiger partial charge on any atom is 0.270 e. The van der Waals surface area contributed by atoms with Crippen LogP contribution >= 0.6 is 0 Å². The first-order valence-corrected chi connectivity index (χ1v) is 9.01. The van der Waals surface area contributed by atoms with Gasteiger partial charge in [-0.2, -0.15) is 5.26 Å². The van der Waals surface area contributed by atoms with Gasteiger partial charge in [0.05, 0.1) is 17.1 Å². The Balaban J connectivity index is 1.44. The molecule has 1 amide bonds. The summed E-state index contributed by atoms with van der Waals surface area (Å²) in [5, 5.41) is 13.4. The van der Waals surface area contributed by atoms with Crippen LogP contribution in [0.3, 0.4) is 0 Å². The molecule has 4 rings (SSSR count). The molecule has 3 heterocycles. The van der Waals surface area contributed by atoms with Crippen molar-refractivity contribution in [2.75, 3.05) is 18.0 Å². The minimum absolute atomic E-state index is 0.117. The van der Waals surface area contributed by atoms with E-state index in [4.69, 9.17) is 4.98 Å². The molecule has 0 spiro atoms. The van der Waals surface area contributed by atoms with Crippen molar-refractivity contribution in [3.8, 4) is 6.07 Å². The lowest BCUT2D eigenvalue weighted by molar-refractivity contribution is 0.0926. The lowest BCUT2D eigenvalue weighted by Gasteiger charge is -2.33. The zero-order valence-corrected chi connectivity index (χ0v) is 14.8. The number of hydrogen-bond acceptors (Lipinski definition) is 5. The van der Waals surface area contributed by atoms with Gasteiger partial charge in [-0.3, -0.25) is 9.78 Å². The van der Waals surface area contributed by atoms with Crippen molar-refractivity contribution in [2.24, 2.45) is 0 Å². The van der Waals surface area contributed by atoms with E-state index >= 15 is 0 Å². The molecule has 1 fully saturated rings. The summed E-state index contributed by atoms with van der Waals surface area (Å²) in [5.41, 5.74) is 1.91. The number of anilines is 1. The molecule has 6 nitrogen and oxygen atoms in total. The number of carbonyl (C=O) groups excluding carboxylic acids is 1. The van der Waals surface area contributed by atoms with E-state index in [9.17, 15) is 10.1 Å². The largest absolute Gasteiger partial charge is 0.356 e. The average Bonchev–Trinajstić information content (AvgIpc) is 2.74. The average molecular weight is 357 g/mol. The van der Waals surface area contributed by atoms with E-state index in [0.29, 0.717) is 11.3 Å². The Morgan fingerprint density at radius 1 is 1.15 bits per heavy atom. The van der Waals surface area contributed by atoms with Crippen LogP contribution in [0.4, 0.5) is 5.82 Å². The van der Waals surface area contributed by atoms with Crippen molar-refractivity contribution < 1.29 is 4.79 Å². The fourth-order valence-corrected chi connectivity index (χ4v) is 3.43. The maximum atomic E-state index is 12.3.